The number of rotatable bonds is 10. The summed E-state index contributed by atoms with van der Waals surface area (Å²) in [7, 11) is -3.88. The van der Waals surface area contributed by atoms with Crippen LogP contribution in [-0.2, 0) is 21.2 Å². The lowest BCUT2D eigenvalue weighted by Crippen LogP contribution is -2.53. The predicted octanol–water partition coefficient (Wildman–Crippen LogP) is 2.89. The van der Waals surface area contributed by atoms with Crippen molar-refractivity contribution in [1.82, 2.24) is 15.0 Å². The van der Waals surface area contributed by atoms with Gasteiger partial charge in [-0.2, -0.15) is 4.72 Å². The van der Waals surface area contributed by atoms with Gasteiger partial charge in [0.1, 0.15) is 6.04 Å². The predicted molar refractivity (Wildman–Crippen MR) is 126 cm³/mol. The normalized spacial score (nSPS) is 14.8. The topological polar surface area (TPSA) is 111 Å². The summed E-state index contributed by atoms with van der Waals surface area (Å²) in [5.41, 5.74) is 2.90. The highest BCUT2D eigenvalue weighted by atomic mass is 32.2. The maximum absolute atomic E-state index is 13.1. The van der Waals surface area contributed by atoms with Gasteiger partial charge in [-0.3, -0.25) is 4.79 Å². The summed E-state index contributed by atoms with van der Waals surface area (Å²) in [6.45, 7) is 5.35. The number of hydrogen-bond donors (Lipinski definition) is 4. The maximum Gasteiger partial charge on any atom is 0.241 e. The number of hydrogen-bond acceptors (Lipinski definition) is 4. The van der Waals surface area contributed by atoms with Crippen molar-refractivity contribution >= 4 is 26.8 Å². The summed E-state index contributed by atoms with van der Waals surface area (Å²) < 4.78 is 28.4. The number of para-hydroxylation sites is 1. The number of aryl methyl sites for hydroxylation is 1. The molecule has 0 radical (unpaired) electrons. The molecule has 0 aliphatic carbocycles. The van der Waals surface area contributed by atoms with Crippen molar-refractivity contribution < 1.29 is 18.3 Å². The molecule has 0 spiro atoms. The van der Waals surface area contributed by atoms with Gasteiger partial charge in [-0.05, 0) is 43.0 Å². The van der Waals surface area contributed by atoms with Gasteiger partial charge in [-0.15, -0.1) is 0 Å². The number of carbonyl (C=O) groups is 1. The molecule has 1 amide bonds. The van der Waals surface area contributed by atoms with Crippen molar-refractivity contribution in [2.45, 2.75) is 50.6 Å². The highest BCUT2D eigenvalue weighted by Gasteiger charge is 2.31. The number of carbonyl (C=O) groups excluding carboxylic acids is 1. The highest BCUT2D eigenvalue weighted by molar-refractivity contribution is 7.89. The fourth-order valence-electron chi connectivity index (χ4n) is 3.63. The second-order valence-corrected chi connectivity index (χ2v) is 9.96. The third kappa shape index (κ3) is 5.56. The van der Waals surface area contributed by atoms with Crippen LogP contribution in [0.2, 0.25) is 0 Å². The van der Waals surface area contributed by atoms with Gasteiger partial charge in [0, 0.05) is 17.1 Å². The number of aromatic amines is 1. The zero-order valence-corrected chi connectivity index (χ0v) is 19.4. The third-order valence-corrected chi connectivity index (χ3v) is 7.27. The van der Waals surface area contributed by atoms with Crippen LogP contribution in [0.5, 0.6) is 0 Å². The number of aromatic nitrogens is 1. The van der Waals surface area contributed by atoms with Crippen molar-refractivity contribution in [2.24, 2.45) is 5.92 Å². The van der Waals surface area contributed by atoms with Gasteiger partial charge in [-0.1, -0.05) is 56.2 Å². The summed E-state index contributed by atoms with van der Waals surface area (Å²) in [6.07, 6.45) is 2.90. The van der Waals surface area contributed by atoms with Crippen LogP contribution >= 0.6 is 0 Å². The summed E-state index contributed by atoms with van der Waals surface area (Å²) in [5.74, 6) is -0.684. The minimum Gasteiger partial charge on any atom is -0.394 e. The Morgan fingerprint density at radius 2 is 1.81 bits per heavy atom. The van der Waals surface area contributed by atoms with E-state index in [9.17, 15) is 18.3 Å². The SMILES string of the molecule is CCC(C)[C@H](NS(=O)(=O)c1ccc(C)cc1)C(=O)N[C@H](CO)Cc1c[nH]c2ccccc12. The summed E-state index contributed by atoms with van der Waals surface area (Å²) in [6, 6.07) is 12.8. The molecule has 8 heteroatoms. The summed E-state index contributed by atoms with van der Waals surface area (Å²) in [4.78, 5) is 16.4. The molecule has 172 valence electrons. The van der Waals surface area contributed by atoms with Crippen LogP contribution < -0.4 is 10.0 Å². The van der Waals surface area contributed by atoms with Crippen molar-refractivity contribution in [3.05, 3.63) is 65.9 Å². The Bertz CT molecular complexity index is 1160. The Labute approximate surface area is 189 Å². The lowest BCUT2D eigenvalue weighted by atomic mass is 9.98. The fraction of sp³-hybridized carbons (Fsp3) is 0.375. The lowest BCUT2D eigenvalue weighted by molar-refractivity contribution is -0.124. The zero-order chi connectivity index (χ0) is 23.3. The molecule has 0 saturated carbocycles. The number of fused-ring (bicyclic) bond motifs is 1. The number of sulfonamides is 1. The van der Waals surface area contributed by atoms with Crippen LogP contribution in [-0.4, -0.2) is 43.1 Å². The molecule has 3 aromatic rings. The van der Waals surface area contributed by atoms with E-state index in [0.717, 1.165) is 22.0 Å². The Balaban J connectivity index is 1.76. The summed E-state index contributed by atoms with van der Waals surface area (Å²) >= 11 is 0. The number of amides is 1. The average molecular weight is 458 g/mol. The Hall–Kier alpha value is -2.68. The Kier molecular flexibility index (Phi) is 7.71. The second kappa shape index (κ2) is 10.3. The number of nitrogens with one attached hydrogen (secondary N) is 3. The van der Waals surface area contributed by atoms with Gasteiger partial charge in [-0.25, -0.2) is 8.42 Å². The molecule has 1 heterocycles. The van der Waals surface area contributed by atoms with Crippen molar-refractivity contribution in [3.8, 4) is 0 Å². The molecule has 0 saturated heterocycles. The number of aliphatic hydroxyl groups excluding tert-OH is 1. The number of H-pyrrole nitrogens is 1. The molecule has 0 fully saturated rings. The molecule has 32 heavy (non-hydrogen) atoms. The Morgan fingerprint density at radius 1 is 1.12 bits per heavy atom. The van der Waals surface area contributed by atoms with Crippen LogP contribution in [0.1, 0.15) is 31.4 Å². The van der Waals surface area contributed by atoms with E-state index < -0.39 is 28.0 Å². The van der Waals surface area contributed by atoms with Crippen molar-refractivity contribution in [1.29, 1.82) is 0 Å². The van der Waals surface area contributed by atoms with Crippen molar-refractivity contribution in [2.75, 3.05) is 6.61 Å². The van der Waals surface area contributed by atoms with Gasteiger partial charge >= 0.3 is 0 Å². The largest absolute Gasteiger partial charge is 0.394 e. The molecule has 0 aliphatic heterocycles. The van der Waals surface area contributed by atoms with E-state index in [1.165, 1.54) is 12.1 Å². The van der Waals surface area contributed by atoms with Crippen LogP contribution in [0.15, 0.2) is 59.6 Å². The first-order valence-corrected chi connectivity index (χ1v) is 12.3. The molecular formula is C24H31N3O4S. The number of aliphatic hydroxyl groups is 1. The van der Waals surface area contributed by atoms with E-state index in [1.54, 1.807) is 12.1 Å². The zero-order valence-electron chi connectivity index (χ0n) is 18.6. The minimum absolute atomic E-state index is 0.113. The smallest absolute Gasteiger partial charge is 0.241 e. The molecule has 3 rings (SSSR count). The quantitative estimate of drug-likeness (QED) is 0.375. The molecule has 2 aromatic carbocycles. The van der Waals surface area contributed by atoms with Gasteiger partial charge in [0.05, 0.1) is 17.5 Å². The van der Waals surface area contributed by atoms with Crippen molar-refractivity contribution in [3.63, 3.8) is 0 Å². The van der Waals surface area contributed by atoms with E-state index in [4.69, 9.17) is 0 Å². The molecule has 1 aromatic heterocycles. The van der Waals surface area contributed by atoms with Gasteiger partial charge < -0.3 is 15.4 Å². The minimum atomic E-state index is -3.88. The molecule has 1 unspecified atom stereocenters. The molecule has 3 atom stereocenters. The average Bonchev–Trinajstić information content (AvgIpc) is 3.19. The first kappa shape index (κ1) is 24.0. The maximum atomic E-state index is 13.1. The third-order valence-electron chi connectivity index (χ3n) is 5.82. The van der Waals surface area contributed by atoms with Gasteiger partial charge in [0.25, 0.3) is 0 Å². The van der Waals surface area contributed by atoms with Crippen LogP contribution in [0.4, 0.5) is 0 Å². The molecule has 0 bridgehead atoms. The first-order valence-electron chi connectivity index (χ1n) is 10.8. The molecule has 4 N–H and O–H groups in total. The molecule has 0 aliphatic rings. The summed E-state index contributed by atoms with van der Waals surface area (Å²) in [5, 5.41) is 13.8. The van der Waals surface area contributed by atoms with Gasteiger partial charge in [0.15, 0.2) is 0 Å². The fourth-order valence-corrected chi connectivity index (χ4v) is 4.94. The van der Waals surface area contributed by atoms with E-state index in [2.05, 4.69) is 15.0 Å². The Morgan fingerprint density at radius 3 is 2.47 bits per heavy atom. The van der Waals surface area contributed by atoms with Crippen LogP contribution in [0, 0.1) is 12.8 Å². The molecular weight excluding hydrogens is 426 g/mol. The monoisotopic (exact) mass is 457 g/mol. The standard InChI is InChI=1S/C24H31N3O4S/c1-4-17(3)23(27-32(30,31)20-11-9-16(2)10-12-20)24(29)26-19(15-28)13-18-14-25-22-8-6-5-7-21(18)22/h5-12,14,17,19,23,25,27-28H,4,13,15H2,1-3H3,(H,26,29)/t17?,19-,23-/m0/s1. The first-order chi connectivity index (χ1) is 15.2. The molecule has 7 nitrogen and oxygen atoms in total. The van der Waals surface area contributed by atoms with Gasteiger partial charge in [0.2, 0.25) is 15.9 Å². The van der Waals surface area contributed by atoms with Crippen LogP contribution in [0.3, 0.4) is 0 Å². The van der Waals surface area contributed by atoms with E-state index in [0.29, 0.717) is 12.8 Å². The van der Waals surface area contributed by atoms with E-state index in [1.807, 2.05) is 51.2 Å². The number of benzene rings is 2. The highest BCUT2D eigenvalue weighted by Crippen LogP contribution is 2.20. The van der Waals surface area contributed by atoms with Crippen LogP contribution in [0.25, 0.3) is 10.9 Å². The lowest BCUT2D eigenvalue weighted by Gasteiger charge is -2.26. The van der Waals surface area contributed by atoms with E-state index >= 15 is 0 Å². The second-order valence-electron chi connectivity index (χ2n) is 8.25. The van der Waals surface area contributed by atoms with E-state index in [-0.39, 0.29) is 17.4 Å².